The Hall–Kier alpha value is -2.98. The monoisotopic (exact) mass is 394 g/mol. The van der Waals surface area contributed by atoms with Crippen LogP contribution in [0.1, 0.15) is 10.4 Å². The van der Waals surface area contributed by atoms with Gasteiger partial charge in [0.05, 0.1) is 5.69 Å². The minimum Gasteiger partial charge on any atom is -0.366 e. The third kappa shape index (κ3) is 5.02. The molecule has 2 aromatic carbocycles. The number of hydrogen-bond donors (Lipinski definition) is 2. The molecule has 8 nitrogen and oxygen atoms in total. The smallest absolute Gasteiger partial charge is 0.304 e. The second-order valence-corrected chi connectivity index (χ2v) is 7.83. The average Bonchev–Trinajstić information content (AvgIpc) is 2.60. The van der Waals surface area contributed by atoms with Crippen molar-refractivity contribution >= 4 is 33.4 Å². The molecule has 0 unspecified atom stereocenters. The molecule has 144 valence electrons. The molecule has 0 fully saturated rings. The lowest BCUT2D eigenvalue weighted by atomic mass is 10.2. The number of benzene rings is 2. The molecule has 0 heterocycles. The van der Waals surface area contributed by atoms with Gasteiger partial charge in [-0.05, 0) is 42.5 Å². The first-order valence-electron chi connectivity index (χ1n) is 7.76. The van der Waals surface area contributed by atoms with E-state index in [2.05, 4.69) is 5.32 Å². The lowest BCUT2D eigenvalue weighted by Crippen LogP contribution is -2.44. The molecule has 27 heavy (non-hydrogen) atoms. The van der Waals surface area contributed by atoms with Crippen LogP contribution in [0.15, 0.2) is 48.5 Å². The summed E-state index contributed by atoms with van der Waals surface area (Å²) >= 11 is 0. The molecule has 2 aromatic rings. The van der Waals surface area contributed by atoms with Crippen LogP contribution in [0.4, 0.5) is 15.8 Å². The zero-order valence-electron chi connectivity index (χ0n) is 14.7. The number of halogens is 1. The first kappa shape index (κ1) is 20.3. The number of carbonyl (C=O) groups excluding carboxylic acids is 2. The van der Waals surface area contributed by atoms with Crippen LogP contribution in [0.25, 0.3) is 0 Å². The summed E-state index contributed by atoms with van der Waals surface area (Å²) < 4.78 is 40.1. The van der Waals surface area contributed by atoms with Crippen molar-refractivity contribution < 1.29 is 22.4 Å². The van der Waals surface area contributed by atoms with Crippen molar-refractivity contribution in [1.82, 2.24) is 4.31 Å². The number of carbonyl (C=O) groups is 2. The molecule has 0 bridgehead atoms. The van der Waals surface area contributed by atoms with Crippen LogP contribution in [0, 0.1) is 5.82 Å². The molecule has 2 amide bonds. The van der Waals surface area contributed by atoms with Gasteiger partial charge in [0, 0.05) is 25.3 Å². The van der Waals surface area contributed by atoms with Gasteiger partial charge < -0.3 is 11.1 Å². The lowest BCUT2D eigenvalue weighted by molar-refractivity contribution is -0.114. The van der Waals surface area contributed by atoms with Crippen LogP contribution >= 0.6 is 0 Å². The zero-order chi connectivity index (χ0) is 20.2. The average molecular weight is 394 g/mol. The number of nitrogens with zero attached hydrogens (tertiary/aromatic N) is 2. The molecule has 0 aliphatic rings. The summed E-state index contributed by atoms with van der Waals surface area (Å²) in [6.07, 6.45) is 0. The fourth-order valence-corrected chi connectivity index (χ4v) is 3.25. The maximum Gasteiger partial charge on any atom is 0.304 e. The summed E-state index contributed by atoms with van der Waals surface area (Å²) in [4.78, 5) is 23.6. The first-order chi connectivity index (χ1) is 12.6. The van der Waals surface area contributed by atoms with Gasteiger partial charge in [-0.2, -0.15) is 12.7 Å². The summed E-state index contributed by atoms with van der Waals surface area (Å²) in [5, 5.41) is 2.51. The highest BCUT2D eigenvalue weighted by Gasteiger charge is 2.27. The predicted octanol–water partition coefficient (Wildman–Crippen LogP) is 1.18. The summed E-state index contributed by atoms with van der Waals surface area (Å²) in [6.45, 7) is -0.549. The lowest BCUT2D eigenvalue weighted by Gasteiger charge is -2.26. The minimum absolute atomic E-state index is 0.131. The van der Waals surface area contributed by atoms with Crippen molar-refractivity contribution in [3.8, 4) is 0 Å². The Morgan fingerprint density at radius 3 is 2.30 bits per heavy atom. The Balaban J connectivity index is 2.27. The molecule has 0 aliphatic carbocycles. The van der Waals surface area contributed by atoms with E-state index >= 15 is 0 Å². The van der Waals surface area contributed by atoms with Crippen LogP contribution in [0.5, 0.6) is 0 Å². The molecular formula is C17H19FN4O4S. The van der Waals surface area contributed by atoms with Gasteiger partial charge in [0.15, 0.2) is 0 Å². The van der Waals surface area contributed by atoms with Crippen LogP contribution in [-0.2, 0) is 15.0 Å². The third-order valence-electron chi connectivity index (χ3n) is 3.57. The highest BCUT2D eigenvalue weighted by Crippen LogP contribution is 2.20. The van der Waals surface area contributed by atoms with E-state index < -0.39 is 34.4 Å². The number of rotatable bonds is 7. The van der Waals surface area contributed by atoms with Gasteiger partial charge in [0.1, 0.15) is 12.4 Å². The Morgan fingerprint density at radius 2 is 1.74 bits per heavy atom. The largest absolute Gasteiger partial charge is 0.366 e. The van der Waals surface area contributed by atoms with Crippen molar-refractivity contribution in [2.75, 3.05) is 30.3 Å². The van der Waals surface area contributed by atoms with E-state index in [1.165, 1.54) is 50.5 Å². The van der Waals surface area contributed by atoms with Gasteiger partial charge in [0.25, 0.3) is 0 Å². The fourth-order valence-electron chi connectivity index (χ4n) is 2.19. The number of amides is 2. The topological polar surface area (TPSA) is 113 Å². The predicted molar refractivity (Wildman–Crippen MR) is 99.9 cm³/mol. The van der Waals surface area contributed by atoms with E-state index in [1.54, 1.807) is 0 Å². The van der Waals surface area contributed by atoms with E-state index in [0.29, 0.717) is 0 Å². The fraction of sp³-hybridized carbons (Fsp3) is 0.176. The molecule has 0 atom stereocenters. The summed E-state index contributed by atoms with van der Waals surface area (Å²) in [6, 6.07) is 10.7. The first-order valence-corrected chi connectivity index (χ1v) is 9.16. The summed E-state index contributed by atoms with van der Waals surface area (Å²) in [7, 11) is -1.37. The van der Waals surface area contributed by atoms with Gasteiger partial charge in [-0.3, -0.25) is 9.59 Å². The van der Waals surface area contributed by atoms with Crippen LogP contribution < -0.4 is 15.4 Å². The summed E-state index contributed by atoms with van der Waals surface area (Å²) in [5.74, 6) is -1.84. The van der Waals surface area contributed by atoms with Gasteiger partial charge in [-0.25, -0.2) is 8.70 Å². The van der Waals surface area contributed by atoms with Crippen molar-refractivity contribution in [1.29, 1.82) is 0 Å². The Morgan fingerprint density at radius 1 is 1.11 bits per heavy atom. The quantitative estimate of drug-likeness (QED) is 0.734. The maximum absolute atomic E-state index is 13.2. The number of hydrogen-bond acceptors (Lipinski definition) is 4. The third-order valence-corrected chi connectivity index (χ3v) is 5.39. The number of anilines is 2. The highest BCUT2D eigenvalue weighted by molar-refractivity contribution is 7.90. The second-order valence-electron chi connectivity index (χ2n) is 5.77. The number of primary amides is 1. The van der Waals surface area contributed by atoms with Gasteiger partial charge in [-0.1, -0.05) is 6.07 Å². The molecule has 0 aliphatic heterocycles. The number of nitrogens with two attached hydrogens (primary N) is 1. The molecule has 3 N–H and O–H groups in total. The van der Waals surface area contributed by atoms with Gasteiger partial charge >= 0.3 is 10.2 Å². The molecule has 2 rings (SSSR count). The Kier molecular flexibility index (Phi) is 6.13. The highest BCUT2D eigenvalue weighted by atomic mass is 32.2. The van der Waals surface area contributed by atoms with Crippen LogP contribution in [-0.4, -0.2) is 45.2 Å². The Labute approximate surface area is 156 Å². The number of nitrogens with one attached hydrogen (secondary N) is 1. The second kappa shape index (κ2) is 8.14. The van der Waals surface area contributed by atoms with Crippen molar-refractivity contribution in [3.05, 3.63) is 59.9 Å². The van der Waals surface area contributed by atoms with Gasteiger partial charge in [-0.15, -0.1) is 0 Å². The maximum atomic E-state index is 13.2. The molecule has 0 saturated heterocycles. The van der Waals surface area contributed by atoms with Crippen molar-refractivity contribution in [2.24, 2.45) is 5.73 Å². The van der Waals surface area contributed by atoms with E-state index in [-0.39, 0.29) is 16.9 Å². The van der Waals surface area contributed by atoms with Crippen LogP contribution in [0.3, 0.4) is 0 Å². The van der Waals surface area contributed by atoms with Crippen molar-refractivity contribution in [2.45, 2.75) is 0 Å². The SMILES string of the molecule is CN(C)S(=O)(=O)N(CC(=O)Nc1cccc(C(N)=O)c1)c1ccc(F)cc1. The normalized spacial score (nSPS) is 11.3. The van der Waals surface area contributed by atoms with Gasteiger partial charge in [0.2, 0.25) is 11.8 Å². The molecule has 0 spiro atoms. The molecule has 0 aromatic heterocycles. The van der Waals surface area contributed by atoms with E-state index in [4.69, 9.17) is 5.73 Å². The van der Waals surface area contributed by atoms with Crippen LogP contribution in [0.2, 0.25) is 0 Å². The molecule has 0 radical (unpaired) electrons. The zero-order valence-corrected chi connectivity index (χ0v) is 15.5. The van der Waals surface area contributed by atoms with E-state index in [9.17, 15) is 22.4 Å². The molecular weight excluding hydrogens is 375 g/mol. The van der Waals surface area contributed by atoms with E-state index in [1.807, 2.05) is 0 Å². The van der Waals surface area contributed by atoms with Crippen molar-refractivity contribution in [3.63, 3.8) is 0 Å². The van der Waals surface area contributed by atoms with E-state index in [0.717, 1.165) is 20.7 Å². The standard InChI is InChI=1S/C17H19FN4O4S/c1-21(2)27(25,26)22(15-8-6-13(18)7-9-15)11-16(23)20-14-5-3-4-12(10-14)17(19)24/h3-10H,11H2,1-2H3,(H2,19,24)(H,20,23). The minimum atomic E-state index is -4.00. The molecule has 10 heteroatoms. The summed E-state index contributed by atoms with van der Waals surface area (Å²) in [5.41, 5.74) is 5.82. The Bertz CT molecular complexity index is 946. The molecule has 0 saturated carbocycles.